The zero-order valence-electron chi connectivity index (χ0n) is 11.4. The van der Waals surface area contributed by atoms with Crippen LogP contribution in [0.1, 0.15) is 5.56 Å². The summed E-state index contributed by atoms with van der Waals surface area (Å²) in [5.74, 6) is -0.367. The van der Waals surface area contributed by atoms with Gasteiger partial charge in [0.1, 0.15) is 17.5 Å². The lowest BCUT2D eigenvalue weighted by Crippen LogP contribution is -2.32. The summed E-state index contributed by atoms with van der Waals surface area (Å²) in [5, 5.41) is 28.2. The van der Waals surface area contributed by atoms with Crippen LogP contribution in [-0.2, 0) is 11.2 Å². The van der Waals surface area contributed by atoms with E-state index >= 15 is 0 Å². The van der Waals surface area contributed by atoms with E-state index in [1.807, 2.05) is 22.6 Å². The summed E-state index contributed by atoms with van der Waals surface area (Å²) >= 11 is 1.96. The SMILES string of the molecule is N[C@H](Cc1ccc(Oc2ccc(O)c(I)c2)c(O)c1)C(=O)O. The van der Waals surface area contributed by atoms with E-state index in [1.165, 1.54) is 12.1 Å². The second-order valence-electron chi connectivity index (χ2n) is 4.67. The molecule has 0 aliphatic heterocycles. The van der Waals surface area contributed by atoms with Gasteiger partial charge in [-0.3, -0.25) is 4.79 Å². The van der Waals surface area contributed by atoms with Gasteiger partial charge in [0.05, 0.1) is 3.57 Å². The van der Waals surface area contributed by atoms with Gasteiger partial charge in [-0.05, 0) is 64.9 Å². The van der Waals surface area contributed by atoms with E-state index in [1.54, 1.807) is 24.3 Å². The number of halogens is 1. The van der Waals surface area contributed by atoms with Crippen LogP contribution in [-0.4, -0.2) is 27.3 Å². The second-order valence-corrected chi connectivity index (χ2v) is 5.83. The van der Waals surface area contributed by atoms with Crippen molar-refractivity contribution in [3.05, 3.63) is 45.5 Å². The molecular formula is C15H14INO5. The van der Waals surface area contributed by atoms with Gasteiger partial charge in [-0.1, -0.05) is 6.07 Å². The molecule has 0 fully saturated rings. The summed E-state index contributed by atoms with van der Waals surface area (Å²) in [6.07, 6.45) is 0.111. The predicted octanol–water partition coefficient (Wildman–Crippen LogP) is 2.45. The molecule has 2 aromatic carbocycles. The van der Waals surface area contributed by atoms with Gasteiger partial charge in [-0.15, -0.1) is 0 Å². The van der Waals surface area contributed by atoms with Gasteiger partial charge in [0, 0.05) is 0 Å². The number of carbonyl (C=O) groups is 1. The van der Waals surface area contributed by atoms with Gasteiger partial charge in [-0.25, -0.2) is 0 Å². The van der Waals surface area contributed by atoms with Crippen molar-refractivity contribution in [2.24, 2.45) is 5.73 Å². The number of carboxylic acids is 1. The summed E-state index contributed by atoms with van der Waals surface area (Å²) in [7, 11) is 0. The molecule has 0 heterocycles. The number of aliphatic carboxylic acids is 1. The Kier molecular flexibility index (Phi) is 5.09. The minimum atomic E-state index is -1.10. The molecule has 22 heavy (non-hydrogen) atoms. The molecule has 2 rings (SSSR count). The highest BCUT2D eigenvalue weighted by Gasteiger charge is 2.14. The van der Waals surface area contributed by atoms with Crippen molar-refractivity contribution < 1.29 is 24.9 Å². The van der Waals surface area contributed by atoms with Crippen molar-refractivity contribution >= 4 is 28.6 Å². The van der Waals surface area contributed by atoms with E-state index in [9.17, 15) is 15.0 Å². The number of ether oxygens (including phenoxy) is 1. The van der Waals surface area contributed by atoms with Crippen molar-refractivity contribution in [3.8, 4) is 23.0 Å². The summed E-state index contributed by atoms with van der Waals surface area (Å²) < 4.78 is 6.16. The fourth-order valence-electron chi connectivity index (χ4n) is 1.80. The smallest absolute Gasteiger partial charge is 0.320 e. The van der Waals surface area contributed by atoms with E-state index in [0.717, 1.165) is 0 Å². The number of carboxylic acid groups (broad SMARTS) is 1. The highest BCUT2D eigenvalue weighted by Crippen LogP contribution is 2.33. The standard InChI is InChI=1S/C15H14INO5/c16-10-7-9(2-3-12(10)18)22-14-4-1-8(6-13(14)19)5-11(17)15(20)21/h1-4,6-7,11,18-19H,5,17H2,(H,20,21)/t11-/m1/s1. The number of phenolic OH excluding ortho intramolecular Hbond substituents is 2. The van der Waals surface area contributed by atoms with E-state index in [4.69, 9.17) is 15.6 Å². The molecule has 7 heteroatoms. The van der Waals surface area contributed by atoms with Crippen LogP contribution < -0.4 is 10.5 Å². The molecule has 0 aliphatic carbocycles. The highest BCUT2D eigenvalue weighted by molar-refractivity contribution is 14.1. The molecule has 0 spiro atoms. The average Bonchev–Trinajstić information content (AvgIpc) is 2.45. The molecule has 1 atom stereocenters. The third-order valence-electron chi connectivity index (χ3n) is 2.94. The molecule has 6 nitrogen and oxygen atoms in total. The Morgan fingerprint density at radius 2 is 1.91 bits per heavy atom. The van der Waals surface area contributed by atoms with Crippen molar-refractivity contribution in [1.82, 2.24) is 0 Å². The molecule has 0 aliphatic rings. The summed E-state index contributed by atoms with van der Waals surface area (Å²) in [6, 6.07) is 8.28. The number of hydrogen-bond acceptors (Lipinski definition) is 5. The number of nitrogens with two attached hydrogens (primary N) is 1. The third kappa shape index (κ3) is 4.01. The van der Waals surface area contributed by atoms with Gasteiger partial charge in [-0.2, -0.15) is 0 Å². The van der Waals surface area contributed by atoms with E-state index in [2.05, 4.69) is 0 Å². The van der Waals surface area contributed by atoms with Gasteiger partial charge in [0.25, 0.3) is 0 Å². The molecule has 0 radical (unpaired) electrons. The van der Waals surface area contributed by atoms with Crippen molar-refractivity contribution in [2.45, 2.75) is 12.5 Å². The van der Waals surface area contributed by atoms with Gasteiger partial charge >= 0.3 is 5.97 Å². The van der Waals surface area contributed by atoms with Crippen LogP contribution in [0.4, 0.5) is 0 Å². The monoisotopic (exact) mass is 415 g/mol. The van der Waals surface area contributed by atoms with Crippen molar-refractivity contribution in [1.29, 1.82) is 0 Å². The largest absolute Gasteiger partial charge is 0.507 e. The lowest BCUT2D eigenvalue weighted by molar-refractivity contribution is -0.138. The molecule has 2 aromatic rings. The Morgan fingerprint density at radius 3 is 2.50 bits per heavy atom. The Labute approximate surface area is 140 Å². The van der Waals surface area contributed by atoms with Crippen LogP contribution in [0.2, 0.25) is 0 Å². The molecule has 5 N–H and O–H groups in total. The third-order valence-corrected chi connectivity index (χ3v) is 3.81. The molecule has 0 saturated heterocycles. The molecular weight excluding hydrogens is 401 g/mol. The van der Waals surface area contributed by atoms with Gasteiger partial charge < -0.3 is 25.8 Å². The van der Waals surface area contributed by atoms with Crippen LogP contribution in [0.5, 0.6) is 23.0 Å². The van der Waals surface area contributed by atoms with E-state index in [0.29, 0.717) is 14.9 Å². The maximum atomic E-state index is 10.7. The topological polar surface area (TPSA) is 113 Å². The first-order valence-corrected chi connectivity index (χ1v) is 7.41. The quantitative estimate of drug-likeness (QED) is 0.559. The van der Waals surface area contributed by atoms with Crippen LogP contribution in [0.15, 0.2) is 36.4 Å². The van der Waals surface area contributed by atoms with Crippen LogP contribution >= 0.6 is 22.6 Å². The molecule has 0 bridgehead atoms. The Morgan fingerprint density at radius 1 is 1.18 bits per heavy atom. The van der Waals surface area contributed by atoms with Gasteiger partial charge in [0.2, 0.25) is 0 Å². The molecule has 0 amide bonds. The number of phenols is 2. The fraction of sp³-hybridized carbons (Fsp3) is 0.133. The Balaban J connectivity index is 2.15. The predicted molar refractivity (Wildman–Crippen MR) is 88.3 cm³/mol. The summed E-state index contributed by atoms with van der Waals surface area (Å²) in [5.41, 5.74) is 6.05. The van der Waals surface area contributed by atoms with E-state index < -0.39 is 12.0 Å². The van der Waals surface area contributed by atoms with E-state index in [-0.39, 0.29) is 23.7 Å². The maximum absolute atomic E-state index is 10.7. The average molecular weight is 415 g/mol. The van der Waals surface area contributed by atoms with Crippen LogP contribution in [0.3, 0.4) is 0 Å². The lowest BCUT2D eigenvalue weighted by atomic mass is 10.1. The fourth-order valence-corrected chi connectivity index (χ4v) is 2.28. The minimum Gasteiger partial charge on any atom is -0.507 e. The Hall–Kier alpha value is -2.00. The zero-order valence-corrected chi connectivity index (χ0v) is 13.5. The molecule has 116 valence electrons. The number of rotatable bonds is 5. The second kappa shape index (κ2) is 6.84. The summed E-state index contributed by atoms with van der Waals surface area (Å²) in [4.78, 5) is 10.7. The Bertz CT molecular complexity index is 704. The highest BCUT2D eigenvalue weighted by atomic mass is 127. The first-order valence-electron chi connectivity index (χ1n) is 6.33. The van der Waals surface area contributed by atoms with Gasteiger partial charge in [0.15, 0.2) is 11.5 Å². The first kappa shape index (κ1) is 16.4. The lowest BCUT2D eigenvalue weighted by Gasteiger charge is -2.11. The first-order chi connectivity index (χ1) is 10.4. The maximum Gasteiger partial charge on any atom is 0.320 e. The minimum absolute atomic E-state index is 0.111. The van der Waals surface area contributed by atoms with Crippen molar-refractivity contribution in [3.63, 3.8) is 0 Å². The number of aromatic hydroxyl groups is 2. The number of benzene rings is 2. The number of hydrogen-bond donors (Lipinski definition) is 4. The normalized spacial score (nSPS) is 11.9. The van der Waals surface area contributed by atoms with Crippen LogP contribution in [0, 0.1) is 3.57 Å². The molecule has 0 unspecified atom stereocenters. The molecule has 0 saturated carbocycles. The zero-order chi connectivity index (χ0) is 16.3. The summed E-state index contributed by atoms with van der Waals surface area (Å²) in [6.45, 7) is 0. The van der Waals surface area contributed by atoms with Crippen molar-refractivity contribution in [2.75, 3.05) is 0 Å². The molecule has 0 aromatic heterocycles. The van der Waals surface area contributed by atoms with Crippen LogP contribution in [0.25, 0.3) is 0 Å².